The Hall–Kier alpha value is -5.06. The van der Waals surface area contributed by atoms with Crippen LogP contribution in [0.25, 0.3) is 81.0 Å². The van der Waals surface area contributed by atoms with Crippen molar-refractivity contribution in [3.63, 3.8) is 0 Å². The molecule has 0 aliphatic rings. The average molecular weight is 1070 g/mol. The molecule has 0 aliphatic carbocycles. The van der Waals surface area contributed by atoms with Crippen LogP contribution >= 0.6 is 68.0 Å². The molecule has 0 aliphatic heterocycles. The van der Waals surface area contributed by atoms with Crippen LogP contribution in [0.3, 0.4) is 0 Å². The van der Waals surface area contributed by atoms with E-state index in [0.29, 0.717) is 37.8 Å². The van der Waals surface area contributed by atoms with Crippen LogP contribution in [0, 0.1) is 22.7 Å². The molecule has 374 valence electrons. The number of hydrogen-bond acceptors (Lipinski definition) is 14. The number of aromatic nitrogens is 2. The van der Waals surface area contributed by atoms with Crippen LogP contribution < -0.4 is 18.9 Å². The third-order valence-corrected chi connectivity index (χ3v) is 19.5. The molecule has 7 aromatic heterocycles. The second kappa shape index (κ2) is 25.3. The number of thiophene rings is 6. The van der Waals surface area contributed by atoms with Gasteiger partial charge in [0.15, 0.2) is 34.4 Å². The monoisotopic (exact) mass is 1070 g/mol. The first-order valence-corrected chi connectivity index (χ1v) is 30.9. The summed E-state index contributed by atoms with van der Waals surface area (Å²) in [5.74, 6) is 3.43. The number of hydrogen-bond donors (Lipinski definition) is 0. The maximum Gasteiger partial charge on any atom is 0.180 e. The number of nitrogens with zero attached hydrogens (tertiary/aromatic N) is 4. The Morgan fingerprint density at radius 3 is 1.08 bits per heavy atom. The van der Waals surface area contributed by atoms with Crippen molar-refractivity contribution in [1.29, 1.82) is 10.5 Å². The molecule has 0 radical (unpaired) electrons. The molecule has 0 bridgehead atoms. The molecule has 14 heteroatoms. The molecule has 9 aromatic rings. The first-order chi connectivity index (χ1) is 35.5. The minimum absolute atomic E-state index is 0.0162. The van der Waals surface area contributed by atoms with E-state index in [1.807, 2.05) is 0 Å². The molecule has 0 spiro atoms. The highest BCUT2D eigenvalue weighted by Crippen LogP contribution is 2.54. The van der Waals surface area contributed by atoms with Gasteiger partial charge < -0.3 is 18.9 Å². The largest absolute Gasteiger partial charge is 0.488 e. The van der Waals surface area contributed by atoms with Gasteiger partial charge in [-0.05, 0) is 85.0 Å². The molecule has 0 fully saturated rings. The summed E-state index contributed by atoms with van der Waals surface area (Å²) in [5, 5.41) is 29.4. The Morgan fingerprint density at radius 2 is 0.736 bits per heavy atom. The van der Waals surface area contributed by atoms with E-state index in [1.54, 1.807) is 68.0 Å². The van der Waals surface area contributed by atoms with E-state index >= 15 is 0 Å². The van der Waals surface area contributed by atoms with E-state index in [2.05, 4.69) is 99.1 Å². The van der Waals surface area contributed by atoms with E-state index in [0.717, 1.165) is 133 Å². The predicted octanol–water partition coefficient (Wildman–Crippen LogP) is 19.7. The highest BCUT2D eigenvalue weighted by atomic mass is 32.1. The van der Waals surface area contributed by atoms with Gasteiger partial charge in [-0.25, -0.2) is 9.97 Å². The average Bonchev–Trinajstić information content (AvgIpc) is 4.27. The number of nitriles is 2. The second-order valence-corrected chi connectivity index (χ2v) is 24.3. The van der Waals surface area contributed by atoms with Crippen LogP contribution in [0.15, 0.2) is 59.3 Å². The van der Waals surface area contributed by atoms with Crippen LogP contribution in [0.2, 0.25) is 0 Å². The predicted molar refractivity (Wildman–Crippen MR) is 309 cm³/mol. The number of rotatable bonds is 28. The zero-order valence-electron chi connectivity index (χ0n) is 41.8. The van der Waals surface area contributed by atoms with Crippen molar-refractivity contribution in [3.8, 4) is 75.8 Å². The van der Waals surface area contributed by atoms with E-state index in [9.17, 15) is 10.5 Å². The van der Waals surface area contributed by atoms with Crippen LogP contribution in [0.5, 0.6) is 23.0 Å². The van der Waals surface area contributed by atoms with Gasteiger partial charge in [0, 0.05) is 41.1 Å². The number of benzene rings is 2. The lowest BCUT2D eigenvalue weighted by Gasteiger charge is -2.15. The van der Waals surface area contributed by atoms with Gasteiger partial charge in [0.05, 0.1) is 55.0 Å². The first-order valence-electron chi connectivity index (χ1n) is 25.9. The minimum Gasteiger partial charge on any atom is -0.488 e. The van der Waals surface area contributed by atoms with Gasteiger partial charge in [-0.15, -0.1) is 68.0 Å². The fourth-order valence-electron chi connectivity index (χ4n) is 9.04. The van der Waals surface area contributed by atoms with Crippen molar-refractivity contribution in [3.05, 3.63) is 70.7 Å². The van der Waals surface area contributed by atoms with E-state index in [-0.39, 0.29) is 11.4 Å². The summed E-state index contributed by atoms with van der Waals surface area (Å²) in [7, 11) is 0. The fraction of sp³-hybridized carbons (Fsp3) is 0.414. The van der Waals surface area contributed by atoms with Crippen molar-refractivity contribution in [2.24, 2.45) is 0 Å². The summed E-state index contributed by atoms with van der Waals surface area (Å²) in [6.07, 6.45) is 18.1. The third kappa shape index (κ3) is 11.4. The molecule has 0 saturated carbocycles. The molecule has 0 unspecified atom stereocenters. The minimum atomic E-state index is 0.0162. The smallest absolute Gasteiger partial charge is 0.180 e. The van der Waals surface area contributed by atoms with Gasteiger partial charge in [0.2, 0.25) is 0 Å². The van der Waals surface area contributed by atoms with Crippen LogP contribution in [-0.2, 0) is 0 Å². The zero-order chi connectivity index (χ0) is 49.8. The number of fused-ring (bicyclic) bond motifs is 6. The molecular formula is C58H62N4O4S6. The van der Waals surface area contributed by atoms with E-state index in [4.69, 9.17) is 28.9 Å². The quantitative estimate of drug-likeness (QED) is 0.0446. The Kier molecular flexibility index (Phi) is 18.2. The number of ether oxygens (including phenoxy) is 4. The van der Waals surface area contributed by atoms with E-state index in [1.165, 1.54) is 62.1 Å². The standard InChI is InChI=1S/C58H62N4O4S6/c1-5-9-13-17-27-63-51-53(65-29-19-15-11-7-3)57-39(37-25-31-67-55(37)51)33-47(71-57)43-21-23-45(69-43)49-50(62-42(36-60)41(35-59)61-49)46-24-22-44(70-46)48-34-40-38-26-32-68-56(38)52(64-28-18-14-10-6-2)54(58(40)72-48)66-30-20-16-12-8-4/h21-26,31-34H,5-20,27-30H2,1-4H3. The first kappa shape index (κ1) is 51.8. The summed E-state index contributed by atoms with van der Waals surface area (Å²) >= 11 is 10.1. The lowest BCUT2D eigenvalue weighted by Crippen LogP contribution is -2.03. The van der Waals surface area contributed by atoms with Crippen LogP contribution in [-0.4, -0.2) is 36.4 Å². The SMILES string of the molecule is CCCCCCOc1c(OCCCCCC)c2sc(-c3ccc(-c4nc(C#N)c(C#N)nc4-c4ccc(-c5cc6c(s5)c(OCCCCCC)c(OCCCCCC)c5sccc56)s4)s3)cc2c2ccsc12. The van der Waals surface area contributed by atoms with Crippen molar-refractivity contribution < 1.29 is 18.9 Å². The maximum absolute atomic E-state index is 10.2. The Balaban J connectivity index is 1.07. The summed E-state index contributed by atoms with van der Waals surface area (Å²) in [6, 6.07) is 21.7. The Morgan fingerprint density at radius 1 is 0.389 bits per heavy atom. The molecule has 9 rings (SSSR count). The lowest BCUT2D eigenvalue weighted by atomic mass is 10.1. The van der Waals surface area contributed by atoms with Crippen molar-refractivity contribution in [1.82, 2.24) is 9.97 Å². The maximum atomic E-state index is 10.2. The molecule has 0 atom stereocenters. The molecule has 7 heterocycles. The van der Waals surface area contributed by atoms with Gasteiger partial charge in [0.25, 0.3) is 0 Å². The Bertz CT molecular complexity index is 3120. The molecule has 0 N–H and O–H groups in total. The normalized spacial score (nSPS) is 11.6. The summed E-state index contributed by atoms with van der Waals surface area (Å²) in [4.78, 5) is 15.9. The third-order valence-electron chi connectivity index (χ3n) is 12.9. The van der Waals surface area contributed by atoms with Crippen molar-refractivity contribution >= 4 is 108 Å². The topological polar surface area (TPSA) is 110 Å². The summed E-state index contributed by atoms with van der Waals surface area (Å²) < 4.78 is 31.2. The highest BCUT2D eigenvalue weighted by Gasteiger charge is 2.26. The zero-order valence-corrected chi connectivity index (χ0v) is 46.7. The molecule has 2 aromatic carbocycles. The van der Waals surface area contributed by atoms with Crippen LogP contribution in [0.1, 0.15) is 142 Å². The molecule has 72 heavy (non-hydrogen) atoms. The number of unbranched alkanes of at least 4 members (excludes halogenated alkanes) is 12. The highest BCUT2D eigenvalue weighted by molar-refractivity contribution is 7.28. The van der Waals surface area contributed by atoms with Gasteiger partial charge >= 0.3 is 0 Å². The fourth-order valence-corrected chi connectivity index (χ4v) is 15.3. The second-order valence-electron chi connectivity index (χ2n) is 18.2. The lowest BCUT2D eigenvalue weighted by molar-refractivity contribution is 0.264. The van der Waals surface area contributed by atoms with Crippen molar-refractivity contribution in [2.45, 2.75) is 130 Å². The van der Waals surface area contributed by atoms with Gasteiger partial charge in [-0.3, -0.25) is 0 Å². The van der Waals surface area contributed by atoms with Crippen molar-refractivity contribution in [2.75, 3.05) is 26.4 Å². The van der Waals surface area contributed by atoms with Crippen LogP contribution in [0.4, 0.5) is 0 Å². The van der Waals surface area contributed by atoms with Gasteiger partial charge in [-0.1, -0.05) is 105 Å². The summed E-state index contributed by atoms with van der Waals surface area (Å²) in [6.45, 7) is 11.5. The molecular weight excluding hydrogens is 1010 g/mol. The van der Waals surface area contributed by atoms with E-state index < -0.39 is 0 Å². The molecule has 0 amide bonds. The molecule has 0 saturated heterocycles. The Labute approximate surface area is 447 Å². The summed E-state index contributed by atoms with van der Waals surface area (Å²) in [5.41, 5.74) is 1.20. The van der Waals surface area contributed by atoms with Gasteiger partial charge in [0.1, 0.15) is 23.5 Å². The molecule has 8 nitrogen and oxygen atoms in total. The van der Waals surface area contributed by atoms with Gasteiger partial charge in [-0.2, -0.15) is 10.5 Å².